The highest BCUT2D eigenvalue weighted by Gasteiger charge is 2.22. The molecule has 0 radical (unpaired) electrons. The number of aryl methyl sites for hydroxylation is 1. The van der Waals surface area contributed by atoms with Crippen molar-refractivity contribution in [3.8, 4) is 0 Å². The average Bonchev–Trinajstić information content (AvgIpc) is 2.62. The van der Waals surface area contributed by atoms with Gasteiger partial charge in [-0.05, 0) is 18.9 Å². The lowest BCUT2D eigenvalue weighted by molar-refractivity contribution is -0.0792. The van der Waals surface area contributed by atoms with E-state index in [1.54, 1.807) is 0 Å². The predicted molar refractivity (Wildman–Crippen MR) is 44.6 cm³/mol. The van der Waals surface area contributed by atoms with Crippen LogP contribution in [0.3, 0.4) is 0 Å². The Kier molecular flexibility index (Phi) is 2.07. The summed E-state index contributed by atoms with van der Waals surface area (Å²) in [4.78, 5) is 27.9. The number of aromatic nitrogens is 1. The summed E-state index contributed by atoms with van der Waals surface area (Å²) in [6.45, 7) is 0. The van der Waals surface area contributed by atoms with Crippen LogP contribution in [-0.2, 0) is 11.4 Å². The molecule has 0 saturated heterocycles. The minimum Gasteiger partial charge on any atom is -0.352 e. The van der Waals surface area contributed by atoms with Gasteiger partial charge >= 0.3 is 5.97 Å². The van der Waals surface area contributed by atoms with Crippen molar-refractivity contribution in [2.24, 2.45) is 0 Å². The molecule has 2 rings (SSSR count). The summed E-state index contributed by atoms with van der Waals surface area (Å²) < 4.78 is 11.6. The minimum atomic E-state index is -1.09. The molecule has 1 aromatic rings. The van der Waals surface area contributed by atoms with Gasteiger partial charge in [0.2, 0.25) is 0 Å². The molecular formula is C9H8FNO3. The molecule has 0 atom stereocenters. The lowest BCUT2D eigenvalue weighted by atomic mass is 9.97. The highest BCUT2D eigenvalue weighted by atomic mass is 19.3. The van der Waals surface area contributed by atoms with Crippen molar-refractivity contribution in [1.82, 2.24) is 4.98 Å². The molecular weight excluding hydrogens is 189 g/mol. The van der Waals surface area contributed by atoms with Crippen LogP contribution in [0, 0.1) is 0 Å². The van der Waals surface area contributed by atoms with Crippen molar-refractivity contribution >= 4 is 11.8 Å². The first kappa shape index (κ1) is 8.93. The molecule has 1 heterocycles. The van der Waals surface area contributed by atoms with Crippen LogP contribution < -0.4 is 0 Å². The van der Waals surface area contributed by atoms with Crippen LogP contribution in [0.25, 0.3) is 0 Å². The normalized spacial score (nSPS) is 15.1. The molecule has 0 spiro atoms. The SMILES string of the molecule is O=C(OF)c1cc2c([nH]1)CCCC2=O. The van der Waals surface area contributed by atoms with Gasteiger partial charge in [-0.25, -0.2) is 9.74 Å². The Balaban J connectivity index is 2.40. The van der Waals surface area contributed by atoms with E-state index in [4.69, 9.17) is 0 Å². The molecule has 0 aliphatic heterocycles. The maximum atomic E-state index is 11.6. The molecule has 74 valence electrons. The molecule has 0 saturated carbocycles. The number of carbonyl (C=O) groups excluding carboxylic acids is 2. The van der Waals surface area contributed by atoms with Gasteiger partial charge in [0, 0.05) is 22.2 Å². The van der Waals surface area contributed by atoms with Crippen LogP contribution >= 0.6 is 0 Å². The summed E-state index contributed by atoms with van der Waals surface area (Å²) in [6.07, 6.45) is 1.95. The van der Waals surface area contributed by atoms with E-state index >= 15 is 0 Å². The zero-order valence-corrected chi connectivity index (χ0v) is 7.30. The molecule has 1 N–H and O–H groups in total. The maximum Gasteiger partial charge on any atom is 0.395 e. The Morgan fingerprint density at radius 2 is 2.29 bits per heavy atom. The van der Waals surface area contributed by atoms with Crippen molar-refractivity contribution in [3.05, 3.63) is 23.0 Å². The fourth-order valence-electron chi connectivity index (χ4n) is 1.66. The number of rotatable bonds is 1. The van der Waals surface area contributed by atoms with E-state index < -0.39 is 5.97 Å². The molecule has 14 heavy (non-hydrogen) atoms. The van der Waals surface area contributed by atoms with Gasteiger partial charge in [0.1, 0.15) is 5.69 Å². The van der Waals surface area contributed by atoms with E-state index in [2.05, 4.69) is 9.93 Å². The highest BCUT2D eigenvalue weighted by molar-refractivity contribution is 6.00. The fraction of sp³-hybridized carbons (Fsp3) is 0.333. The quantitative estimate of drug-likeness (QED) is 0.743. The number of halogens is 1. The number of ketones is 1. The van der Waals surface area contributed by atoms with Crippen LogP contribution in [0.15, 0.2) is 6.07 Å². The molecule has 0 unspecified atom stereocenters. The first-order valence-electron chi connectivity index (χ1n) is 4.30. The molecule has 0 bridgehead atoms. The second-order valence-corrected chi connectivity index (χ2v) is 3.22. The number of fused-ring (bicyclic) bond motifs is 1. The van der Waals surface area contributed by atoms with Crippen LogP contribution in [0.5, 0.6) is 0 Å². The summed E-state index contributed by atoms with van der Waals surface area (Å²) in [5, 5.41) is 0. The van der Waals surface area contributed by atoms with Gasteiger partial charge in [-0.2, -0.15) is 0 Å². The zero-order chi connectivity index (χ0) is 10.1. The summed E-state index contributed by atoms with van der Waals surface area (Å²) in [7, 11) is 0. The van der Waals surface area contributed by atoms with Gasteiger partial charge in [0.05, 0.1) is 0 Å². The number of hydrogen-bond donors (Lipinski definition) is 1. The second kappa shape index (κ2) is 3.25. The zero-order valence-electron chi connectivity index (χ0n) is 7.30. The van der Waals surface area contributed by atoms with E-state index in [9.17, 15) is 14.1 Å². The molecule has 4 nitrogen and oxygen atoms in total. The van der Waals surface area contributed by atoms with E-state index in [0.717, 1.165) is 6.42 Å². The smallest absolute Gasteiger partial charge is 0.352 e. The van der Waals surface area contributed by atoms with Gasteiger partial charge in [-0.15, -0.1) is 0 Å². The molecule has 1 aliphatic carbocycles. The van der Waals surface area contributed by atoms with Crippen LogP contribution in [0.2, 0.25) is 0 Å². The number of H-pyrrole nitrogens is 1. The first-order chi connectivity index (χ1) is 6.72. The van der Waals surface area contributed by atoms with E-state index in [0.29, 0.717) is 24.1 Å². The highest BCUT2D eigenvalue weighted by Crippen LogP contribution is 2.22. The summed E-state index contributed by atoms with van der Waals surface area (Å²) in [5.74, 6) is -1.10. The van der Waals surface area contributed by atoms with Gasteiger partial charge < -0.3 is 4.98 Å². The van der Waals surface area contributed by atoms with Gasteiger partial charge in [-0.3, -0.25) is 4.79 Å². The summed E-state index contributed by atoms with van der Waals surface area (Å²) >= 11 is 0. The topological polar surface area (TPSA) is 59.2 Å². The number of aromatic amines is 1. The van der Waals surface area contributed by atoms with Crippen LogP contribution in [0.4, 0.5) is 4.53 Å². The molecule has 0 amide bonds. The molecule has 1 aliphatic rings. The number of nitrogens with one attached hydrogen (secondary N) is 1. The number of hydrogen-bond acceptors (Lipinski definition) is 3. The lowest BCUT2D eigenvalue weighted by Crippen LogP contribution is -2.08. The summed E-state index contributed by atoms with van der Waals surface area (Å²) in [6, 6.07) is 1.35. The van der Waals surface area contributed by atoms with E-state index in [1.165, 1.54) is 6.07 Å². The first-order valence-corrected chi connectivity index (χ1v) is 4.30. The minimum absolute atomic E-state index is 0.00671. The van der Waals surface area contributed by atoms with Gasteiger partial charge in [0.25, 0.3) is 0 Å². The largest absolute Gasteiger partial charge is 0.395 e. The monoisotopic (exact) mass is 197 g/mol. The van der Waals surface area contributed by atoms with Crippen LogP contribution in [-0.4, -0.2) is 16.7 Å². The average molecular weight is 197 g/mol. The van der Waals surface area contributed by atoms with Crippen molar-refractivity contribution in [2.75, 3.05) is 0 Å². The number of carbonyl (C=O) groups is 2. The Morgan fingerprint density at radius 3 is 2.93 bits per heavy atom. The molecule has 0 aromatic carbocycles. The van der Waals surface area contributed by atoms with Gasteiger partial charge in [-0.1, -0.05) is 0 Å². The number of Topliss-reactive ketones (excluding diaryl/α,β-unsaturated/α-hetero) is 1. The Labute approximate surface area is 79.0 Å². The summed E-state index contributed by atoms with van der Waals surface area (Å²) in [5.41, 5.74) is 1.17. The molecule has 1 aromatic heterocycles. The third-order valence-corrected chi connectivity index (χ3v) is 2.32. The van der Waals surface area contributed by atoms with Gasteiger partial charge in [0.15, 0.2) is 5.78 Å². The molecule has 0 fully saturated rings. The maximum absolute atomic E-state index is 11.6. The fourth-order valence-corrected chi connectivity index (χ4v) is 1.66. The Hall–Kier alpha value is -1.65. The molecule has 5 heteroatoms. The Morgan fingerprint density at radius 1 is 1.50 bits per heavy atom. The predicted octanol–water partition coefficient (Wildman–Crippen LogP) is 1.58. The van der Waals surface area contributed by atoms with E-state index in [1.807, 2.05) is 0 Å². The van der Waals surface area contributed by atoms with Crippen molar-refractivity contribution in [3.63, 3.8) is 0 Å². The standard InChI is InChI=1S/C9H8FNO3/c10-14-9(13)7-4-5-6(11-7)2-1-3-8(5)12/h4,11H,1-3H2. The van der Waals surface area contributed by atoms with Crippen LogP contribution in [0.1, 0.15) is 39.4 Å². The second-order valence-electron chi connectivity index (χ2n) is 3.22. The third kappa shape index (κ3) is 1.30. The third-order valence-electron chi connectivity index (χ3n) is 2.32. The van der Waals surface area contributed by atoms with Crippen molar-refractivity contribution in [1.29, 1.82) is 0 Å². The Bertz CT molecular complexity index is 397. The van der Waals surface area contributed by atoms with Crippen molar-refractivity contribution < 1.29 is 19.1 Å². The van der Waals surface area contributed by atoms with Crippen molar-refractivity contribution in [2.45, 2.75) is 19.3 Å². The van der Waals surface area contributed by atoms with E-state index in [-0.39, 0.29) is 11.5 Å². The lowest BCUT2D eigenvalue weighted by Gasteiger charge is -2.08.